The van der Waals surface area contributed by atoms with E-state index in [1.807, 2.05) is 0 Å². The molecule has 0 radical (unpaired) electrons. The molecule has 10 nitrogen and oxygen atoms in total. The first-order valence-electron chi connectivity index (χ1n) is 7.66. The lowest BCUT2D eigenvalue weighted by Gasteiger charge is -2.13. The van der Waals surface area contributed by atoms with Crippen LogP contribution < -0.4 is 20.9 Å². The summed E-state index contributed by atoms with van der Waals surface area (Å²) in [5, 5.41) is 14.9. The number of rotatable bonds is 8. The third-order valence-electron chi connectivity index (χ3n) is 3.00. The number of halogens is 2. The lowest BCUT2D eigenvalue weighted by molar-refractivity contribution is -0.383. The van der Waals surface area contributed by atoms with E-state index >= 15 is 0 Å². The number of carbonyl (C=O) groups is 1. The van der Waals surface area contributed by atoms with Gasteiger partial charge in [-0.15, -0.1) is 0 Å². The maximum absolute atomic E-state index is 11.9. The van der Waals surface area contributed by atoms with E-state index in [9.17, 15) is 14.9 Å². The number of hydrogen-bond acceptors (Lipinski definition) is 8. The molecule has 0 atom stereocenters. The first-order chi connectivity index (χ1) is 12.8. The van der Waals surface area contributed by atoms with E-state index < -0.39 is 16.5 Å². The smallest absolute Gasteiger partial charge is 0.354 e. The van der Waals surface area contributed by atoms with E-state index in [0.29, 0.717) is 5.02 Å². The summed E-state index contributed by atoms with van der Waals surface area (Å²) in [7, 11) is 0. The van der Waals surface area contributed by atoms with Crippen LogP contribution in [0.1, 0.15) is 13.8 Å². The van der Waals surface area contributed by atoms with Crippen LogP contribution >= 0.6 is 23.2 Å². The van der Waals surface area contributed by atoms with Crippen LogP contribution in [0.25, 0.3) is 0 Å². The van der Waals surface area contributed by atoms with Crippen LogP contribution in [0.15, 0.2) is 24.5 Å². The van der Waals surface area contributed by atoms with Crippen LogP contribution in [0.2, 0.25) is 10.0 Å². The second-order valence-corrected chi connectivity index (χ2v) is 6.36. The monoisotopic (exact) mass is 414 g/mol. The Morgan fingerprint density at radius 1 is 1.30 bits per heavy atom. The van der Waals surface area contributed by atoms with E-state index in [4.69, 9.17) is 27.9 Å². The van der Waals surface area contributed by atoms with E-state index in [1.54, 1.807) is 19.9 Å². The van der Waals surface area contributed by atoms with Gasteiger partial charge >= 0.3 is 5.69 Å². The highest BCUT2D eigenvalue weighted by Crippen LogP contribution is 2.29. The van der Waals surface area contributed by atoms with Gasteiger partial charge in [0.05, 0.1) is 9.95 Å². The summed E-state index contributed by atoms with van der Waals surface area (Å²) < 4.78 is 5.27. The molecule has 27 heavy (non-hydrogen) atoms. The Kier molecular flexibility index (Phi) is 6.97. The predicted molar refractivity (Wildman–Crippen MR) is 101 cm³/mol. The standard InChI is InChI=1S/C15H16Cl2N6O4/c1-8(2)20-14-13(23(25)26)15(19-7-18-14)22-21-12(24)6-27-11-4-3-9(16)5-10(11)17/h3-5,7-8H,6H2,1-2H3,(H,21,24)(H2,18,19,20,22). The minimum Gasteiger partial charge on any atom is -0.482 e. The van der Waals surface area contributed by atoms with Crippen molar-refractivity contribution in [1.29, 1.82) is 0 Å². The maximum Gasteiger partial charge on any atom is 0.354 e. The van der Waals surface area contributed by atoms with Gasteiger partial charge in [-0.3, -0.25) is 25.8 Å². The highest BCUT2D eigenvalue weighted by Gasteiger charge is 2.23. The van der Waals surface area contributed by atoms with Gasteiger partial charge in [0.25, 0.3) is 5.91 Å². The third kappa shape index (κ3) is 5.83. The van der Waals surface area contributed by atoms with Crippen molar-refractivity contribution in [3.63, 3.8) is 0 Å². The van der Waals surface area contributed by atoms with Crippen LogP contribution in [-0.2, 0) is 4.79 Å². The molecule has 144 valence electrons. The van der Waals surface area contributed by atoms with Crippen molar-refractivity contribution < 1.29 is 14.5 Å². The fourth-order valence-corrected chi connectivity index (χ4v) is 2.39. The molecule has 0 spiro atoms. The molecule has 0 fully saturated rings. The van der Waals surface area contributed by atoms with Gasteiger partial charge in [0.15, 0.2) is 6.61 Å². The van der Waals surface area contributed by atoms with Crippen molar-refractivity contribution in [1.82, 2.24) is 15.4 Å². The van der Waals surface area contributed by atoms with Gasteiger partial charge in [0.1, 0.15) is 12.1 Å². The molecule has 1 aromatic heterocycles. The summed E-state index contributed by atoms with van der Waals surface area (Å²) in [6.07, 6.45) is 1.14. The molecule has 2 aromatic rings. The number of amides is 1. The first-order valence-corrected chi connectivity index (χ1v) is 8.42. The molecule has 0 saturated carbocycles. The Morgan fingerprint density at radius 2 is 2.00 bits per heavy atom. The van der Waals surface area contributed by atoms with Gasteiger partial charge in [-0.1, -0.05) is 23.2 Å². The van der Waals surface area contributed by atoms with Gasteiger partial charge in [0, 0.05) is 11.1 Å². The van der Waals surface area contributed by atoms with Gasteiger partial charge in [-0.2, -0.15) is 0 Å². The van der Waals surface area contributed by atoms with Crippen LogP contribution in [0.5, 0.6) is 5.75 Å². The zero-order valence-electron chi connectivity index (χ0n) is 14.3. The lowest BCUT2D eigenvalue weighted by Crippen LogP contribution is -2.34. The number of ether oxygens (including phenoxy) is 1. The summed E-state index contributed by atoms with van der Waals surface area (Å²) in [6, 6.07) is 4.47. The number of benzene rings is 1. The summed E-state index contributed by atoms with van der Waals surface area (Å²) in [4.78, 5) is 30.2. The normalized spacial score (nSPS) is 10.4. The molecule has 1 amide bonds. The zero-order valence-corrected chi connectivity index (χ0v) is 15.8. The van der Waals surface area contributed by atoms with Crippen LogP contribution in [0.4, 0.5) is 17.3 Å². The number of aromatic nitrogens is 2. The summed E-state index contributed by atoms with van der Waals surface area (Å²) in [6.45, 7) is 3.23. The summed E-state index contributed by atoms with van der Waals surface area (Å²) >= 11 is 11.7. The molecule has 0 bridgehead atoms. The average molecular weight is 415 g/mol. The van der Waals surface area contributed by atoms with Crippen molar-refractivity contribution in [2.75, 3.05) is 17.3 Å². The molecular formula is C15H16Cl2N6O4. The van der Waals surface area contributed by atoms with Crippen LogP contribution in [0.3, 0.4) is 0 Å². The Morgan fingerprint density at radius 3 is 2.63 bits per heavy atom. The number of nitro groups is 1. The fourth-order valence-electron chi connectivity index (χ4n) is 1.92. The number of anilines is 2. The second kappa shape index (κ2) is 9.19. The van der Waals surface area contributed by atoms with E-state index in [0.717, 1.165) is 6.33 Å². The van der Waals surface area contributed by atoms with E-state index in [1.165, 1.54) is 12.1 Å². The topological polar surface area (TPSA) is 131 Å². The SMILES string of the molecule is CC(C)Nc1ncnc(NNC(=O)COc2ccc(Cl)cc2Cl)c1[N+](=O)[O-]. The van der Waals surface area contributed by atoms with Gasteiger partial charge in [0.2, 0.25) is 11.6 Å². The molecular weight excluding hydrogens is 399 g/mol. The molecule has 1 heterocycles. The van der Waals surface area contributed by atoms with Crippen molar-refractivity contribution in [2.24, 2.45) is 0 Å². The van der Waals surface area contributed by atoms with Crippen molar-refractivity contribution >= 4 is 46.4 Å². The number of nitrogens with zero attached hydrogens (tertiary/aromatic N) is 3. The Labute approximate surface area is 164 Å². The van der Waals surface area contributed by atoms with Crippen molar-refractivity contribution in [3.8, 4) is 5.75 Å². The van der Waals surface area contributed by atoms with E-state index in [-0.39, 0.29) is 35.1 Å². The van der Waals surface area contributed by atoms with Gasteiger partial charge in [-0.05, 0) is 32.0 Å². The average Bonchev–Trinajstić information content (AvgIpc) is 2.58. The number of carbonyl (C=O) groups excluding carboxylic acids is 1. The molecule has 2 rings (SSSR count). The molecule has 0 saturated heterocycles. The Bertz CT molecular complexity index is 849. The van der Waals surface area contributed by atoms with Crippen molar-refractivity contribution in [3.05, 3.63) is 44.7 Å². The fraction of sp³-hybridized carbons (Fsp3) is 0.267. The maximum atomic E-state index is 11.9. The Hall–Kier alpha value is -2.85. The number of hydrogen-bond donors (Lipinski definition) is 3. The largest absolute Gasteiger partial charge is 0.482 e. The Balaban J connectivity index is 2.01. The third-order valence-corrected chi connectivity index (χ3v) is 3.53. The van der Waals surface area contributed by atoms with Crippen LogP contribution in [0, 0.1) is 10.1 Å². The predicted octanol–water partition coefficient (Wildman–Crippen LogP) is 3.03. The molecule has 0 aliphatic rings. The summed E-state index contributed by atoms with van der Waals surface area (Å²) in [5.74, 6) is -0.470. The molecule has 3 N–H and O–H groups in total. The first kappa shape index (κ1) is 20.5. The minimum atomic E-state index is -0.650. The van der Waals surface area contributed by atoms with E-state index in [2.05, 4.69) is 26.1 Å². The number of hydrazine groups is 1. The summed E-state index contributed by atoms with van der Waals surface area (Å²) in [5.41, 5.74) is 4.28. The molecule has 0 aliphatic heterocycles. The molecule has 0 aliphatic carbocycles. The second-order valence-electron chi connectivity index (χ2n) is 5.51. The molecule has 0 unspecified atom stereocenters. The zero-order chi connectivity index (χ0) is 20.0. The quantitative estimate of drug-likeness (QED) is 0.443. The highest BCUT2D eigenvalue weighted by atomic mass is 35.5. The molecule has 1 aromatic carbocycles. The number of nitrogens with one attached hydrogen (secondary N) is 3. The van der Waals surface area contributed by atoms with Crippen LogP contribution in [-0.4, -0.2) is 33.4 Å². The van der Waals surface area contributed by atoms with Gasteiger partial charge < -0.3 is 10.1 Å². The lowest BCUT2D eigenvalue weighted by atomic mass is 10.3. The molecule has 12 heteroatoms. The highest BCUT2D eigenvalue weighted by molar-refractivity contribution is 6.35. The minimum absolute atomic E-state index is 0.0333. The van der Waals surface area contributed by atoms with Crippen molar-refractivity contribution in [2.45, 2.75) is 19.9 Å². The van der Waals surface area contributed by atoms with Gasteiger partial charge in [-0.25, -0.2) is 9.97 Å².